The van der Waals surface area contributed by atoms with Crippen molar-refractivity contribution in [2.24, 2.45) is 0 Å². The standard InChI is InChI=1S/C21H20ClNO2/c22-19-11-5-4-7-17(19)8-6-14-23-20(24)21(12-15-25-16-13-21)18-9-2-1-3-10-18/h1-5,7,9-11H,12-16H2,(H,23,24). The molecule has 1 amide bonds. The Bertz CT molecular complexity index is 786. The lowest BCUT2D eigenvalue weighted by Crippen LogP contribution is -2.48. The van der Waals surface area contributed by atoms with E-state index < -0.39 is 5.41 Å². The summed E-state index contributed by atoms with van der Waals surface area (Å²) in [5.74, 6) is 6.00. The van der Waals surface area contributed by atoms with Crippen molar-refractivity contribution < 1.29 is 9.53 Å². The summed E-state index contributed by atoms with van der Waals surface area (Å²) in [7, 11) is 0. The highest BCUT2D eigenvalue weighted by atomic mass is 35.5. The fourth-order valence-electron chi connectivity index (χ4n) is 3.12. The lowest BCUT2D eigenvalue weighted by Gasteiger charge is -2.36. The molecule has 4 heteroatoms. The molecule has 1 saturated heterocycles. The molecule has 1 N–H and O–H groups in total. The number of carbonyl (C=O) groups excluding carboxylic acids is 1. The SMILES string of the molecule is O=C(NCC#Cc1ccccc1Cl)C1(c2ccccc2)CCOCC1. The third-order valence-corrected chi connectivity index (χ3v) is 4.87. The molecule has 3 rings (SSSR count). The molecule has 0 bridgehead atoms. The highest BCUT2D eigenvalue weighted by Gasteiger charge is 2.41. The lowest BCUT2D eigenvalue weighted by molar-refractivity contribution is -0.130. The van der Waals surface area contributed by atoms with Crippen LogP contribution < -0.4 is 5.32 Å². The molecule has 2 aromatic carbocycles. The summed E-state index contributed by atoms with van der Waals surface area (Å²) in [6, 6.07) is 17.3. The van der Waals surface area contributed by atoms with Crippen LogP contribution in [0.25, 0.3) is 0 Å². The van der Waals surface area contributed by atoms with E-state index in [0.717, 1.165) is 11.1 Å². The predicted molar refractivity (Wildman–Crippen MR) is 99.5 cm³/mol. The average Bonchev–Trinajstić information content (AvgIpc) is 2.67. The van der Waals surface area contributed by atoms with Gasteiger partial charge in [0.25, 0.3) is 0 Å². The van der Waals surface area contributed by atoms with Crippen LogP contribution in [-0.4, -0.2) is 25.7 Å². The quantitative estimate of drug-likeness (QED) is 0.857. The molecule has 2 aromatic rings. The van der Waals surface area contributed by atoms with Gasteiger partial charge in [-0.15, -0.1) is 0 Å². The Kier molecular flexibility index (Phi) is 5.75. The molecule has 1 fully saturated rings. The van der Waals surface area contributed by atoms with Crippen molar-refractivity contribution in [3.8, 4) is 11.8 Å². The molecule has 0 saturated carbocycles. The Morgan fingerprint density at radius 2 is 1.76 bits per heavy atom. The number of benzene rings is 2. The van der Waals surface area contributed by atoms with Crippen LogP contribution in [0.2, 0.25) is 5.02 Å². The molecule has 1 heterocycles. The van der Waals surface area contributed by atoms with Crippen LogP contribution in [0.3, 0.4) is 0 Å². The van der Waals surface area contributed by atoms with Crippen LogP contribution in [-0.2, 0) is 14.9 Å². The van der Waals surface area contributed by atoms with Gasteiger partial charge in [0.15, 0.2) is 0 Å². The van der Waals surface area contributed by atoms with E-state index >= 15 is 0 Å². The minimum absolute atomic E-state index is 0.00968. The molecule has 0 aromatic heterocycles. The van der Waals surface area contributed by atoms with Gasteiger partial charge in [-0.05, 0) is 30.5 Å². The number of amides is 1. The maximum atomic E-state index is 12.9. The zero-order valence-electron chi connectivity index (χ0n) is 13.9. The first-order chi connectivity index (χ1) is 12.2. The molecule has 0 aliphatic carbocycles. The Morgan fingerprint density at radius 3 is 2.48 bits per heavy atom. The van der Waals surface area contributed by atoms with Gasteiger partial charge in [-0.2, -0.15) is 0 Å². The number of nitrogens with one attached hydrogen (secondary N) is 1. The number of ether oxygens (including phenoxy) is 1. The van der Waals surface area contributed by atoms with E-state index in [1.807, 2.05) is 48.5 Å². The minimum atomic E-state index is -0.536. The van der Waals surface area contributed by atoms with Gasteiger partial charge in [0, 0.05) is 18.8 Å². The van der Waals surface area contributed by atoms with Gasteiger partial charge in [0.2, 0.25) is 5.91 Å². The molecule has 0 atom stereocenters. The fraction of sp³-hybridized carbons (Fsp3) is 0.286. The predicted octanol–water partition coefficient (Wildman–Crippen LogP) is 3.56. The van der Waals surface area contributed by atoms with Crippen molar-refractivity contribution in [1.29, 1.82) is 0 Å². The first-order valence-corrected chi connectivity index (χ1v) is 8.75. The molecule has 25 heavy (non-hydrogen) atoms. The van der Waals surface area contributed by atoms with E-state index in [0.29, 0.717) is 37.6 Å². The normalized spacial score (nSPS) is 15.7. The van der Waals surface area contributed by atoms with E-state index in [4.69, 9.17) is 16.3 Å². The number of rotatable bonds is 3. The average molecular weight is 354 g/mol. The van der Waals surface area contributed by atoms with Gasteiger partial charge >= 0.3 is 0 Å². The summed E-state index contributed by atoms with van der Waals surface area (Å²) in [5.41, 5.74) is 1.27. The maximum Gasteiger partial charge on any atom is 0.231 e. The fourth-order valence-corrected chi connectivity index (χ4v) is 3.30. The third kappa shape index (κ3) is 4.04. The van der Waals surface area contributed by atoms with Gasteiger partial charge in [-0.1, -0.05) is 65.9 Å². The second-order valence-corrected chi connectivity index (χ2v) is 6.43. The molecule has 3 nitrogen and oxygen atoms in total. The van der Waals surface area contributed by atoms with Crippen molar-refractivity contribution in [2.75, 3.05) is 19.8 Å². The first-order valence-electron chi connectivity index (χ1n) is 8.37. The Morgan fingerprint density at radius 1 is 1.08 bits per heavy atom. The van der Waals surface area contributed by atoms with Crippen molar-refractivity contribution in [3.63, 3.8) is 0 Å². The molecular weight excluding hydrogens is 334 g/mol. The van der Waals surface area contributed by atoms with Gasteiger partial charge < -0.3 is 10.1 Å². The number of hydrogen-bond donors (Lipinski definition) is 1. The van der Waals surface area contributed by atoms with Gasteiger partial charge in [-0.25, -0.2) is 0 Å². The minimum Gasteiger partial charge on any atom is -0.381 e. The molecular formula is C21H20ClNO2. The van der Waals surface area contributed by atoms with E-state index in [2.05, 4.69) is 17.2 Å². The summed E-state index contributed by atoms with van der Waals surface area (Å²) < 4.78 is 5.47. The topological polar surface area (TPSA) is 38.3 Å². The van der Waals surface area contributed by atoms with E-state index in [1.165, 1.54) is 0 Å². The van der Waals surface area contributed by atoms with Crippen LogP contribution in [0.4, 0.5) is 0 Å². The van der Waals surface area contributed by atoms with Crippen LogP contribution in [0, 0.1) is 11.8 Å². The smallest absolute Gasteiger partial charge is 0.231 e. The van der Waals surface area contributed by atoms with Crippen molar-refractivity contribution >= 4 is 17.5 Å². The highest BCUT2D eigenvalue weighted by molar-refractivity contribution is 6.31. The zero-order chi connectivity index (χ0) is 17.5. The second-order valence-electron chi connectivity index (χ2n) is 6.02. The largest absolute Gasteiger partial charge is 0.381 e. The zero-order valence-corrected chi connectivity index (χ0v) is 14.7. The van der Waals surface area contributed by atoms with Crippen LogP contribution in [0.15, 0.2) is 54.6 Å². The lowest BCUT2D eigenvalue weighted by atomic mass is 9.73. The summed E-state index contributed by atoms with van der Waals surface area (Å²) in [6.45, 7) is 1.47. The van der Waals surface area contributed by atoms with Crippen molar-refractivity contribution in [2.45, 2.75) is 18.3 Å². The number of carbonyl (C=O) groups is 1. The van der Waals surface area contributed by atoms with Crippen LogP contribution >= 0.6 is 11.6 Å². The van der Waals surface area contributed by atoms with Gasteiger partial charge in [0.05, 0.1) is 17.0 Å². The number of hydrogen-bond acceptors (Lipinski definition) is 2. The molecule has 128 valence electrons. The van der Waals surface area contributed by atoms with Crippen molar-refractivity contribution in [3.05, 3.63) is 70.7 Å². The molecule has 0 unspecified atom stereocenters. The van der Waals surface area contributed by atoms with E-state index in [-0.39, 0.29) is 5.91 Å². The van der Waals surface area contributed by atoms with E-state index in [9.17, 15) is 4.79 Å². The van der Waals surface area contributed by atoms with Gasteiger partial charge in [0.1, 0.15) is 0 Å². The van der Waals surface area contributed by atoms with Gasteiger partial charge in [-0.3, -0.25) is 4.79 Å². The van der Waals surface area contributed by atoms with Crippen LogP contribution in [0.1, 0.15) is 24.0 Å². The van der Waals surface area contributed by atoms with Crippen molar-refractivity contribution in [1.82, 2.24) is 5.32 Å². The highest BCUT2D eigenvalue weighted by Crippen LogP contribution is 2.35. The Hall–Kier alpha value is -2.28. The Balaban J connectivity index is 1.71. The molecule has 0 spiro atoms. The molecule has 0 radical (unpaired) electrons. The van der Waals surface area contributed by atoms with E-state index in [1.54, 1.807) is 6.07 Å². The summed E-state index contributed by atoms with van der Waals surface area (Å²) >= 11 is 6.09. The first kappa shape index (κ1) is 17.5. The Labute approximate surface area is 153 Å². The summed E-state index contributed by atoms with van der Waals surface area (Å²) in [5, 5.41) is 3.59. The maximum absolute atomic E-state index is 12.9. The summed E-state index contributed by atoms with van der Waals surface area (Å²) in [4.78, 5) is 12.9. The van der Waals surface area contributed by atoms with Crippen LogP contribution in [0.5, 0.6) is 0 Å². The summed E-state index contributed by atoms with van der Waals surface area (Å²) in [6.07, 6.45) is 1.36. The monoisotopic (exact) mass is 353 g/mol. The third-order valence-electron chi connectivity index (χ3n) is 4.54. The molecule has 1 aliphatic rings. The second kappa shape index (κ2) is 8.20. The number of halogens is 1. The molecule has 1 aliphatic heterocycles.